The van der Waals surface area contributed by atoms with Gasteiger partial charge in [-0.05, 0) is 25.1 Å². The Hall–Kier alpha value is -1.56. The third-order valence-electron chi connectivity index (χ3n) is 2.40. The van der Waals surface area contributed by atoms with Gasteiger partial charge in [0.1, 0.15) is 5.75 Å². The Morgan fingerprint density at radius 3 is 2.67 bits per heavy atom. The minimum Gasteiger partial charge on any atom is -0.406 e. The number of carbonyl (C=O) groups excluding carboxylic acids is 1. The van der Waals surface area contributed by atoms with Gasteiger partial charge in [0.2, 0.25) is 0 Å². The van der Waals surface area contributed by atoms with Crippen molar-refractivity contribution in [1.82, 2.24) is 0 Å². The number of rotatable bonds is 5. The van der Waals surface area contributed by atoms with Gasteiger partial charge in [-0.25, -0.2) is 0 Å². The molecule has 0 spiro atoms. The highest BCUT2D eigenvalue weighted by atomic mass is 19.4. The zero-order valence-electron chi connectivity index (χ0n) is 9.83. The third kappa shape index (κ3) is 4.37. The fourth-order valence-electron chi connectivity index (χ4n) is 1.51. The molecule has 0 heterocycles. The number of ether oxygens (including phenoxy) is 1. The molecular weight excluding hydrogens is 247 g/mol. The minimum atomic E-state index is -4.76. The Labute approximate surface area is 103 Å². The van der Waals surface area contributed by atoms with E-state index >= 15 is 0 Å². The van der Waals surface area contributed by atoms with Crippen molar-refractivity contribution in [3.05, 3.63) is 29.8 Å². The molecule has 0 aromatic heterocycles. The summed E-state index contributed by atoms with van der Waals surface area (Å²) in [6.45, 7) is 2.04. The number of nitrogens with two attached hydrogens (primary N) is 1. The van der Waals surface area contributed by atoms with Crippen LogP contribution in [0.4, 0.5) is 13.2 Å². The van der Waals surface area contributed by atoms with Crippen LogP contribution in [0.1, 0.15) is 23.7 Å². The molecule has 1 aromatic rings. The van der Waals surface area contributed by atoms with Crippen molar-refractivity contribution in [1.29, 1.82) is 0 Å². The lowest BCUT2D eigenvalue weighted by atomic mass is 9.96. The Bertz CT molecular complexity index is 418. The molecule has 1 unspecified atom stereocenters. The Morgan fingerprint density at radius 2 is 2.11 bits per heavy atom. The zero-order valence-corrected chi connectivity index (χ0v) is 9.83. The van der Waals surface area contributed by atoms with E-state index in [4.69, 9.17) is 5.73 Å². The summed E-state index contributed by atoms with van der Waals surface area (Å²) in [5.74, 6) is -0.961. The highest BCUT2D eigenvalue weighted by molar-refractivity contribution is 5.97. The van der Waals surface area contributed by atoms with E-state index < -0.39 is 12.1 Å². The minimum absolute atomic E-state index is 0.192. The average Bonchev–Trinajstić information content (AvgIpc) is 2.26. The molecule has 0 saturated heterocycles. The summed E-state index contributed by atoms with van der Waals surface area (Å²) in [5.41, 5.74) is 5.53. The monoisotopic (exact) mass is 261 g/mol. The van der Waals surface area contributed by atoms with Gasteiger partial charge < -0.3 is 10.5 Å². The number of carbonyl (C=O) groups is 1. The molecule has 0 radical (unpaired) electrons. The van der Waals surface area contributed by atoms with Crippen LogP contribution in [-0.2, 0) is 0 Å². The number of hydrogen-bond acceptors (Lipinski definition) is 3. The molecule has 0 bridgehead atoms. The van der Waals surface area contributed by atoms with E-state index in [-0.39, 0.29) is 17.3 Å². The van der Waals surface area contributed by atoms with Gasteiger partial charge in [-0.15, -0.1) is 13.2 Å². The van der Waals surface area contributed by atoms with Crippen LogP contribution in [0, 0.1) is 5.92 Å². The third-order valence-corrected chi connectivity index (χ3v) is 2.40. The molecule has 1 rings (SSSR count). The van der Waals surface area contributed by atoms with Crippen LogP contribution in [-0.4, -0.2) is 18.7 Å². The summed E-state index contributed by atoms with van der Waals surface area (Å²) in [5, 5.41) is 0. The molecule has 6 heteroatoms. The van der Waals surface area contributed by atoms with Crippen LogP contribution < -0.4 is 10.5 Å². The second-order valence-corrected chi connectivity index (χ2v) is 3.92. The second-order valence-electron chi connectivity index (χ2n) is 3.92. The molecule has 0 saturated carbocycles. The largest absolute Gasteiger partial charge is 0.573 e. The molecule has 1 aromatic carbocycles. The summed E-state index contributed by atoms with van der Waals surface area (Å²) in [6, 6.07) is 5.04. The Kier molecular flexibility index (Phi) is 4.72. The summed E-state index contributed by atoms with van der Waals surface area (Å²) in [4.78, 5) is 11.9. The Balaban J connectivity index is 2.85. The molecule has 1 atom stereocenters. The van der Waals surface area contributed by atoms with Crippen molar-refractivity contribution in [2.24, 2.45) is 11.7 Å². The van der Waals surface area contributed by atoms with Crippen molar-refractivity contribution < 1.29 is 22.7 Å². The van der Waals surface area contributed by atoms with Gasteiger partial charge in [0.25, 0.3) is 0 Å². The number of halogens is 3. The highest BCUT2D eigenvalue weighted by Gasteiger charge is 2.31. The summed E-state index contributed by atoms with van der Waals surface area (Å²) in [7, 11) is 0. The van der Waals surface area contributed by atoms with Gasteiger partial charge in [0.05, 0.1) is 0 Å². The number of ketones is 1. The molecule has 2 N–H and O–H groups in total. The van der Waals surface area contributed by atoms with Crippen molar-refractivity contribution in [3.8, 4) is 5.75 Å². The van der Waals surface area contributed by atoms with Crippen LogP contribution >= 0.6 is 0 Å². The second kappa shape index (κ2) is 5.86. The first-order valence-electron chi connectivity index (χ1n) is 5.43. The molecule has 18 heavy (non-hydrogen) atoms. The maximum Gasteiger partial charge on any atom is 0.573 e. The number of benzene rings is 1. The number of Topliss-reactive ketones (excluding diaryl/α,β-unsaturated/α-hetero) is 1. The van der Waals surface area contributed by atoms with Crippen LogP contribution in [0.2, 0.25) is 0 Å². The normalized spacial score (nSPS) is 13.2. The van der Waals surface area contributed by atoms with Crippen molar-refractivity contribution in [2.75, 3.05) is 6.54 Å². The molecule has 0 aliphatic carbocycles. The van der Waals surface area contributed by atoms with Gasteiger partial charge in [-0.1, -0.05) is 19.1 Å². The van der Waals surface area contributed by atoms with Crippen LogP contribution in [0.15, 0.2) is 24.3 Å². The summed E-state index contributed by atoms with van der Waals surface area (Å²) < 4.78 is 39.8. The topological polar surface area (TPSA) is 52.3 Å². The molecule has 3 nitrogen and oxygen atoms in total. The summed E-state index contributed by atoms with van der Waals surface area (Å²) in [6.07, 6.45) is -4.27. The Morgan fingerprint density at radius 1 is 1.44 bits per heavy atom. The van der Waals surface area contributed by atoms with E-state index in [1.165, 1.54) is 12.1 Å². The lowest BCUT2D eigenvalue weighted by molar-refractivity contribution is -0.274. The molecule has 0 fully saturated rings. The van der Waals surface area contributed by atoms with E-state index in [2.05, 4.69) is 4.74 Å². The predicted octanol–water partition coefficient (Wildman–Crippen LogP) is 2.75. The van der Waals surface area contributed by atoms with E-state index in [1.54, 1.807) is 6.92 Å². The molecule has 100 valence electrons. The lowest BCUT2D eigenvalue weighted by Gasteiger charge is -2.12. The van der Waals surface area contributed by atoms with E-state index in [1.807, 2.05) is 0 Å². The SMILES string of the molecule is CC(CCN)C(=O)c1cccc(OC(F)(F)F)c1. The quantitative estimate of drug-likeness (QED) is 0.829. The smallest absolute Gasteiger partial charge is 0.406 e. The maximum absolute atomic E-state index is 12.0. The average molecular weight is 261 g/mol. The van der Waals surface area contributed by atoms with Gasteiger partial charge in [-0.3, -0.25) is 4.79 Å². The van der Waals surface area contributed by atoms with Crippen LogP contribution in [0.25, 0.3) is 0 Å². The van der Waals surface area contributed by atoms with Gasteiger partial charge in [0.15, 0.2) is 5.78 Å². The first-order valence-corrected chi connectivity index (χ1v) is 5.43. The molecular formula is C12H14F3NO2. The highest BCUT2D eigenvalue weighted by Crippen LogP contribution is 2.24. The van der Waals surface area contributed by atoms with Crippen LogP contribution in [0.3, 0.4) is 0 Å². The number of hydrogen-bond donors (Lipinski definition) is 1. The van der Waals surface area contributed by atoms with E-state index in [0.717, 1.165) is 12.1 Å². The van der Waals surface area contributed by atoms with Crippen molar-refractivity contribution >= 4 is 5.78 Å². The molecule has 0 amide bonds. The van der Waals surface area contributed by atoms with Gasteiger partial charge in [0, 0.05) is 11.5 Å². The van der Waals surface area contributed by atoms with Gasteiger partial charge >= 0.3 is 6.36 Å². The molecule has 0 aliphatic rings. The van der Waals surface area contributed by atoms with Crippen molar-refractivity contribution in [2.45, 2.75) is 19.7 Å². The fourth-order valence-corrected chi connectivity index (χ4v) is 1.51. The zero-order chi connectivity index (χ0) is 13.8. The number of alkyl halides is 3. The van der Waals surface area contributed by atoms with E-state index in [9.17, 15) is 18.0 Å². The molecule has 0 aliphatic heterocycles. The maximum atomic E-state index is 12.0. The standard InChI is InChI=1S/C12H14F3NO2/c1-8(5-6-16)11(17)9-3-2-4-10(7-9)18-12(13,14)15/h2-4,7-8H,5-6,16H2,1H3. The lowest BCUT2D eigenvalue weighted by Crippen LogP contribution is -2.18. The predicted molar refractivity (Wildman–Crippen MR) is 60.3 cm³/mol. The van der Waals surface area contributed by atoms with E-state index in [0.29, 0.717) is 13.0 Å². The first kappa shape index (κ1) is 14.5. The van der Waals surface area contributed by atoms with Crippen LogP contribution in [0.5, 0.6) is 5.75 Å². The van der Waals surface area contributed by atoms with Crippen molar-refractivity contribution in [3.63, 3.8) is 0 Å². The van der Waals surface area contributed by atoms with Gasteiger partial charge in [-0.2, -0.15) is 0 Å². The first-order chi connectivity index (χ1) is 8.33. The fraction of sp³-hybridized carbons (Fsp3) is 0.417. The summed E-state index contributed by atoms with van der Waals surface area (Å²) >= 11 is 0.